The van der Waals surface area contributed by atoms with E-state index < -0.39 is 0 Å². The number of aromatic nitrogens is 2. The number of benzene rings is 1. The Bertz CT molecular complexity index is 597. The molecule has 1 fully saturated rings. The summed E-state index contributed by atoms with van der Waals surface area (Å²) in [5.41, 5.74) is 6.97. The molecular formula is C16H20N4. The molecule has 1 aromatic heterocycles. The molecule has 1 saturated heterocycles. The van der Waals surface area contributed by atoms with Crippen LogP contribution in [0.5, 0.6) is 0 Å². The van der Waals surface area contributed by atoms with E-state index in [2.05, 4.69) is 23.7 Å². The lowest BCUT2D eigenvalue weighted by Crippen LogP contribution is -2.28. The Balaban J connectivity index is 1.99. The van der Waals surface area contributed by atoms with E-state index in [1.54, 1.807) is 0 Å². The van der Waals surface area contributed by atoms with E-state index in [0.717, 1.165) is 17.9 Å². The summed E-state index contributed by atoms with van der Waals surface area (Å²) in [6.07, 6.45) is 1.20. The molecule has 20 heavy (non-hydrogen) atoms. The Morgan fingerprint density at radius 3 is 2.55 bits per heavy atom. The molecule has 0 amide bonds. The monoisotopic (exact) mass is 268 g/mol. The van der Waals surface area contributed by atoms with Crippen LogP contribution in [-0.4, -0.2) is 22.6 Å². The predicted molar refractivity (Wildman–Crippen MR) is 82.5 cm³/mol. The first-order valence-corrected chi connectivity index (χ1v) is 7.10. The third-order valence-electron chi connectivity index (χ3n) is 3.84. The number of anilines is 2. The summed E-state index contributed by atoms with van der Waals surface area (Å²) in [6, 6.07) is 12.4. The maximum atomic E-state index is 5.97. The summed E-state index contributed by atoms with van der Waals surface area (Å²) in [6.45, 7) is 5.55. The standard InChI is InChI=1S/C16H20N4/c1-11-8-12(2)20(10-11)15-9-14(17)18-16(19-15)13-6-4-3-5-7-13/h3-7,9,11-12H,8,10H2,1-2H3,(H2,17,18,19). The minimum Gasteiger partial charge on any atom is -0.384 e. The van der Waals surface area contributed by atoms with Gasteiger partial charge in [0.15, 0.2) is 5.82 Å². The average molecular weight is 268 g/mol. The molecule has 0 spiro atoms. The normalized spacial score (nSPS) is 22.2. The van der Waals surface area contributed by atoms with Crippen LogP contribution in [0.1, 0.15) is 20.3 Å². The molecule has 0 radical (unpaired) electrons. The van der Waals surface area contributed by atoms with Crippen molar-refractivity contribution in [2.24, 2.45) is 5.92 Å². The van der Waals surface area contributed by atoms with Gasteiger partial charge in [-0.2, -0.15) is 0 Å². The van der Waals surface area contributed by atoms with Crippen LogP contribution in [-0.2, 0) is 0 Å². The van der Waals surface area contributed by atoms with Crippen LogP contribution < -0.4 is 10.6 Å². The lowest BCUT2D eigenvalue weighted by molar-refractivity contribution is 0.625. The molecule has 2 atom stereocenters. The van der Waals surface area contributed by atoms with Crippen molar-refractivity contribution in [3.63, 3.8) is 0 Å². The van der Waals surface area contributed by atoms with Crippen LogP contribution in [0.3, 0.4) is 0 Å². The van der Waals surface area contributed by atoms with Gasteiger partial charge in [0.25, 0.3) is 0 Å². The van der Waals surface area contributed by atoms with E-state index in [1.807, 2.05) is 36.4 Å². The van der Waals surface area contributed by atoms with E-state index in [9.17, 15) is 0 Å². The van der Waals surface area contributed by atoms with Crippen LogP contribution in [0, 0.1) is 5.92 Å². The molecule has 2 unspecified atom stereocenters. The first-order valence-electron chi connectivity index (χ1n) is 7.10. The van der Waals surface area contributed by atoms with Crippen molar-refractivity contribution in [2.45, 2.75) is 26.3 Å². The van der Waals surface area contributed by atoms with Gasteiger partial charge in [0.1, 0.15) is 11.6 Å². The lowest BCUT2D eigenvalue weighted by Gasteiger charge is -2.23. The molecule has 2 heterocycles. The third-order valence-corrected chi connectivity index (χ3v) is 3.84. The lowest BCUT2D eigenvalue weighted by atomic mass is 10.1. The van der Waals surface area contributed by atoms with Gasteiger partial charge in [-0.15, -0.1) is 0 Å². The smallest absolute Gasteiger partial charge is 0.163 e. The van der Waals surface area contributed by atoms with Crippen molar-refractivity contribution < 1.29 is 0 Å². The molecule has 3 rings (SSSR count). The molecule has 104 valence electrons. The average Bonchev–Trinajstić information content (AvgIpc) is 2.78. The summed E-state index contributed by atoms with van der Waals surface area (Å²) in [5, 5.41) is 0. The Labute approximate surface area is 119 Å². The van der Waals surface area contributed by atoms with Gasteiger partial charge in [-0.3, -0.25) is 0 Å². The van der Waals surface area contributed by atoms with Gasteiger partial charge in [-0.1, -0.05) is 37.3 Å². The number of hydrogen-bond donors (Lipinski definition) is 1. The van der Waals surface area contributed by atoms with Crippen LogP contribution in [0.2, 0.25) is 0 Å². The molecule has 1 aliphatic rings. The number of nitrogen functional groups attached to an aromatic ring is 1. The topological polar surface area (TPSA) is 55.0 Å². The quantitative estimate of drug-likeness (QED) is 0.909. The highest BCUT2D eigenvalue weighted by molar-refractivity contribution is 5.61. The molecule has 2 N–H and O–H groups in total. The van der Waals surface area contributed by atoms with Crippen LogP contribution >= 0.6 is 0 Å². The molecule has 0 aliphatic carbocycles. The Morgan fingerprint density at radius 2 is 1.90 bits per heavy atom. The van der Waals surface area contributed by atoms with Gasteiger partial charge in [0.05, 0.1) is 0 Å². The number of nitrogens with zero attached hydrogens (tertiary/aromatic N) is 3. The van der Waals surface area contributed by atoms with Gasteiger partial charge in [0.2, 0.25) is 0 Å². The SMILES string of the molecule is CC1CC(C)N(c2cc(N)nc(-c3ccccc3)n2)C1. The largest absolute Gasteiger partial charge is 0.384 e. The van der Waals surface area contributed by atoms with Crippen molar-refractivity contribution in [2.75, 3.05) is 17.2 Å². The van der Waals surface area contributed by atoms with E-state index in [0.29, 0.717) is 23.6 Å². The zero-order valence-corrected chi connectivity index (χ0v) is 12.0. The second-order valence-electron chi connectivity index (χ2n) is 5.68. The fraction of sp³-hybridized carbons (Fsp3) is 0.375. The number of nitrogens with two attached hydrogens (primary N) is 1. The highest BCUT2D eigenvalue weighted by atomic mass is 15.2. The Morgan fingerprint density at radius 1 is 1.15 bits per heavy atom. The molecule has 1 aliphatic heterocycles. The second kappa shape index (κ2) is 5.12. The first kappa shape index (κ1) is 12.9. The highest BCUT2D eigenvalue weighted by Gasteiger charge is 2.27. The minimum atomic E-state index is 0.503. The van der Waals surface area contributed by atoms with E-state index >= 15 is 0 Å². The predicted octanol–water partition coefficient (Wildman–Crippen LogP) is 2.96. The number of hydrogen-bond acceptors (Lipinski definition) is 4. The molecule has 0 bridgehead atoms. The molecule has 2 aromatic rings. The fourth-order valence-electron chi connectivity index (χ4n) is 2.94. The van der Waals surface area contributed by atoms with Crippen molar-refractivity contribution in [1.82, 2.24) is 9.97 Å². The van der Waals surface area contributed by atoms with Crippen molar-refractivity contribution in [1.29, 1.82) is 0 Å². The van der Waals surface area contributed by atoms with Gasteiger partial charge in [-0.05, 0) is 19.3 Å². The van der Waals surface area contributed by atoms with E-state index in [1.165, 1.54) is 6.42 Å². The van der Waals surface area contributed by atoms with Gasteiger partial charge in [-0.25, -0.2) is 9.97 Å². The zero-order valence-electron chi connectivity index (χ0n) is 12.0. The van der Waals surface area contributed by atoms with Crippen LogP contribution in [0.25, 0.3) is 11.4 Å². The molecule has 4 nitrogen and oxygen atoms in total. The maximum absolute atomic E-state index is 5.97. The van der Waals surface area contributed by atoms with Crippen LogP contribution in [0.4, 0.5) is 11.6 Å². The summed E-state index contributed by atoms with van der Waals surface area (Å²) in [4.78, 5) is 11.4. The van der Waals surface area contributed by atoms with E-state index in [4.69, 9.17) is 10.7 Å². The highest BCUT2D eigenvalue weighted by Crippen LogP contribution is 2.29. The maximum Gasteiger partial charge on any atom is 0.163 e. The number of rotatable bonds is 2. The summed E-state index contributed by atoms with van der Waals surface area (Å²) < 4.78 is 0. The van der Waals surface area contributed by atoms with Gasteiger partial charge in [0, 0.05) is 24.2 Å². The first-order chi connectivity index (χ1) is 9.63. The van der Waals surface area contributed by atoms with Crippen molar-refractivity contribution in [3.05, 3.63) is 36.4 Å². The van der Waals surface area contributed by atoms with Crippen molar-refractivity contribution in [3.8, 4) is 11.4 Å². The van der Waals surface area contributed by atoms with Gasteiger partial charge < -0.3 is 10.6 Å². The molecule has 4 heteroatoms. The Kier molecular flexibility index (Phi) is 3.30. The summed E-state index contributed by atoms with van der Waals surface area (Å²) >= 11 is 0. The van der Waals surface area contributed by atoms with Crippen molar-refractivity contribution >= 4 is 11.6 Å². The third kappa shape index (κ3) is 2.46. The second-order valence-corrected chi connectivity index (χ2v) is 5.68. The minimum absolute atomic E-state index is 0.503. The molecule has 1 aromatic carbocycles. The molecule has 0 saturated carbocycles. The summed E-state index contributed by atoms with van der Waals surface area (Å²) in [7, 11) is 0. The van der Waals surface area contributed by atoms with Gasteiger partial charge >= 0.3 is 0 Å². The Hall–Kier alpha value is -2.10. The molecular weight excluding hydrogens is 248 g/mol. The van der Waals surface area contributed by atoms with E-state index in [-0.39, 0.29) is 0 Å². The fourth-order valence-corrected chi connectivity index (χ4v) is 2.94. The summed E-state index contributed by atoms with van der Waals surface area (Å²) in [5.74, 6) is 2.86. The zero-order chi connectivity index (χ0) is 14.1. The van der Waals surface area contributed by atoms with Crippen LogP contribution in [0.15, 0.2) is 36.4 Å².